The van der Waals surface area contributed by atoms with Gasteiger partial charge in [0.05, 0.1) is 13.2 Å². The maximum Gasteiger partial charge on any atom is 0.257 e. The van der Waals surface area contributed by atoms with E-state index < -0.39 is 35.1 Å². The summed E-state index contributed by atoms with van der Waals surface area (Å²) in [5.74, 6) is -2.72. The van der Waals surface area contributed by atoms with Gasteiger partial charge in [-0.3, -0.25) is 9.59 Å². The summed E-state index contributed by atoms with van der Waals surface area (Å²) in [6.07, 6.45) is 0.754. The Hall–Kier alpha value is -3.16. The first kappa shape index (κ1) is 20.6. The lowest BCUT2D eigenvalue weighted by atomic mass is 10.0. The first-order valence-corrected chi connectivity index (χ1v) is 9.32. The average molecular weight is 404 g/mol. The first-order valence-electron chi connectivity index (χ1n) is 9.32. The Bertz CT molecular complexity index is 897. The van der Waals surface area contributed by atoms with Gasteiger partial charge in [-0.05, 0) is 30.2 Å². The highest BCUT2D eigenvalue weighted by molar-refractivity contribution is 6.01. The molecule has 2 N–H and O–H groups in total. The third-order valence-corrected chi connectivity index (χ3v) is 4.44. The van der Waals surface area contributed by atoms with Crippen molar-refractivity contribution in [1.82, 2.24) is 5.32 Å². The number of hydrogen-bond donors (Lipinski definition) is 2. The van der Waals surface area contributed by atoms with Crippen molar-refractivity contribution in [2.75, 3.05) is 18.5 Å². The first-order chi connectivity index (χ1) is 13.9. The van der Waals surface area contributed by atoms with E-state index in [2.05, 4.69) is 10.6 Å². The van der Waals surface area contributed by atoms with Gasteiger partial charge in [-0.1, -0.05) is 19.9 Å². The lowest BCUT2D eigenvalue weighted by Gasteiger charge is -2.22. The van der Waals surface area contributed by atoms with Gasteiger partial charge in [-0.15, -0.1) is 0 Å². The Morgan fingerprint density at radius 2 is 1.66 bits per heavy atom. The molecular weight excluding hydrogens is 382 g/mol. The van der Waals surface area contributed by atoms with Crippen molar-refractivity contribution in [3.63, 3.8) is 0 Å². The van der Waals surface area contributed by atoms with Crippen LogP contribution in [0.2, 0.25) is 0 Å². The molecule has 0 spiro atoms. The van der Waals surface area contributed by atoms with Crippen LogP contribution in [0.15, 0.2) is 36.4 Å². The Kier molecular flexibility index (Phi) is 6.31. The second-order valence-corrected chi connectivity index (χ2v) is 6.99. The minimum atomic E-state index is -1.00. The Labute approximate surface area is 167 Å². The van der Waals surface area contributed by atoms with E-state index in [9.17, 15) is 18.4 Å². The Morgan fingerprint density at radius 3 is 2.31 bits per heavy atom. The molecule has 2 aromatic carbocycles. The Morgan fingerprint density at radius 1 is 1.00 bits per heavy atom. The summed E-state index contributed by atoms with van der Waals surface area (Å²) >= 11 is 0. The highest BCUT2D eigenvalue weighted by Gasteiger charge is 2.27. The normalized spacial score (nSPS) is 14.1. The number of ether oxygens (including phenoxy) is 2. The fourth-order valence-electron chi connectivity index (χ4n) is 2.92. The second-order valence-electron chi connectivity index (χ2n) is 6.99. The monoisotopic (exact) mass is 404 g/mol. The van der Waals surface area contributed by atoms with E-state index in [1.807, 2.05) is 0 Å². The van der Waals surface area contributed by atoms with E-state index in [1.165, 1.54) is 0 Å². The molecule has 3 rings (SSSR count). The van der Waals surface area contributed by atoms with Crippen LogP contribution in [0.25, 0.3) is 0 Å². The minimum Gasteiger partial charge on any atom is -0.490 e. The number of fused-ring (bicyclic) bond motifs is 1. The molecule has 1 heterocycles. The van der Waals surface area contributed by atoms with Gasteiger partial charge in [0.25, 0.3) is 5.91 Å². The van der Waals surface area contributed by atoms with Crippen LogP contribution in [0.1, 0.15) is 30.6 Å². The molecule has 0 bridgehead atoms. The highest BCUT2D eigenvalue weighted by Crippen LogP contribution is 2.32. The zero-order valence-corrected chi connectivity index (χ0v) is 16.1. The van der Waals surface area contributed by atoms with Crippen LogP contribution < -0.4 is 20.1 Å². The van der Waals surface area contributed by atoms with E-state index in [4.69, 9.17) is 9.47 Å². The summed E-state index contributed by atoms with van der Waals surface area (Å²) in [5, 5.41) is 5.12. The van der Waals surface area contributed by atoms with Gasteiger partial charge in [-0.25, -0.2) is 8.78 Å². The van der Waals surface area contributed by atoms with Crippen LogP contribution in [-0.2, 0) is 4.79 Å². The number of amides is 2. The molecule has 1 unspecified atom stereocenters. The maximum absolute atomic E-state index is 13.9. The molecule has 0 aromatic heterocycles. The molecule has 29 heavy (non-hydrogen) atoms. The van der Waals surface area contributed by atoms with Gasteiger partial charge in [0, 0.05) is 18.2 Å². The maximum atomic E-state index is 13.9. The zero-order chi connectivity index (χ0) is 21.0. The van der Waals surface area contributed by atoms with E-state index in [-0.39, 0.29) is 5.92 Å². The van der Waals surface area contributed by atoms with Crippen molar-refractivity contribution in [2.45, 2.75) is 26.3 Å². The summed E-state index contributed by atoms with van der Waals surface area (Å²) < 4.78 is 38.9. The van der Waals surface area contributed by atoms with Crippen LogP contribution in [0.5, 0.6) is 11.5 Å². The number of carbonyl (C=O) groups excluding carboxylic acids is 2. The molecule has 0 saturated carbocycles. The lowest BCUT2D eigenvalue weighted by Crippen LogP contribution is -2.47. The number of carbonyl (C=O) groups is 2. The van der Waals surface area contributed by atoms with E-state index in [1.54, 1.807) is 32.0 Å². The number of anilines is 1. The standard InChI is InChI=1S/C21H22F2N2O4/c1-12(2)19(25-20(26)18-14(22)5-3-6-15(18)23)21(27)24-13-7-8-16-17(11-13)29-10-4-9-28-16/h3,5-8,11-12,19H,4,9-10H2,1-2H3,(H,24,27)(H,25,26). The van der Waals surface area contributed by atoms with Gasteiger partial charge in [0.2, 0.25) is 5.91 Å². The molecule has 0 radical (unpaired) electrons. The molecule has 1 atom stereocenters. The number of nitrogens with one attached hydrogen (secondary N) is 2. The predicted octanol–water partition coefficient (Wildman–Crippen LogP) is 3.52. The van der Waals surface area contributed by atoms with Crippen LogP contribution in [0, 0.1) is 17.6 Å². The molecular formula is C21H22F2N2O4. The van der Waals surface area contributed by atoms with Crippen molar-refractivity contribution < 1.29 is 27.8 Å². The molecule has 1 aliphatic heterocycles. The largest absolute Gasteiger partial charge is 0.490 e. The van der Waals surface area contributed by atoms with Gasteiger partial charge in [-0.2, -0.15) is 0 Å². The third kappa shape index (κ3) is 4.82. The number of hydrogen-bond acceptors (Lipinski definition) is 4. The average Bonchev–Trinajstić information content (AvgIpc) is 2.90. The zero-order valence-electron chi connectivity index (χ0n) is 16.1. The SMILES string of the molecule is CC(C)C(NC(=O)c1c(F)cccc1F)C(=O)Nc1ccc2c(c1)OCCCO2. The quantitative estimate of drug-likeness (QED) is 0.800. The molecule has 0 fully saturated rings. The van der Waals surface area contributed by atoms with E-state index in [0.717, 1.165) is 24.6 Å². The molecule has 2 amide bonds. The van der Waals surface area contributed by atoms with Crippen molar-refractivity contribution in [3.8, 4) is 11.5 Å². The summed E-state index contributed by atoms with van der Waals surface area (Å²) in [6, 6.07) is 7.11. The summed E-state index contributed by atoms with van der Waals surface area (Å²) in [4.78, 5) is 25.1. The van der Waals surface area contributed by atoms with Crippen molar-refractivity contribution in [3.05, 3.63) is 53.6 Å². The number of rotatable bonds is 5. The van der Waals surface area contributed by atoms with Gasteiger partial charge in [0.1, 0.15) is 23.2 Å². The fraction of sp³-hybridized carbons (Fsp3) is 0.333. The van der Waals surface area contributed by atoms with Crippen LogP contribution in [-0.4, -0.2) is 31.1 Å². The molecule has 8 heteroatoms. The molecule has 1 aliphatic rings. The lowest BCUT2D eigenvalue weighted by molar-refractivity contribution is -0.118. The van der Waals surface area contributed by atoms with Gasteiger partial charge in [0.15, 0.2) is 11.5 Å². The molecule has 6 nitrogen and oxygen atoms in total. The highest BCUT2D eigenvalue weighted by atomic mass is 19.1. The van der Waals surface area contributed by atoms with Crippen LogP contribution >= 0.6 is 0 Å². The smallest absolute Gasteiger partial charge is 0.257 e. The van der Waals surface area contributed by atoms with Crippen LogP contribution in [0.4, 0.5) is 14.5 Å². The van der Waals surface area contributed by atoms with E-state index >= 15 is 0 Å². The van der Waals surface area contributed by atoms with Crippen molar-refractivity contribution in [1.29, 1.82) is 0 Å². The third-order valence-electron chi connectivity index (χ3n) is 4.44. The van der Waals surface area contributed by atoms with Crippen LogP contribution in [0.3, 0.4) is 0 Å². The Balaban J connectivity index is 1.75. The topological polar surface area (TPSA) is 76.7 Å². The van der Waals surface area contributed by atoms with Gasteiger partial charge < -0.3 is 20.1 Å². The summed E-state index contributed by atoms with van der Waals surface area (Å²) in [5.41, 5.74) is -0.266. The fourth-order valence-corrected chi connectivity index (χ4v) is 2.92. The second kappa shape index (κ2) is 8.89. The molecule has 0 saturated heterocycles. The van der Waals surface area contributed by atoms with Crippen molar-refractivity contribution >= 4 is 17.5 Å². The molecule has 2 aromatic rings. The van der Waals surface area contributed by atoms with Crippen molar-refractivity contribution in [2.24, 2.45) is 5.92 Å². The van der Waals surface area contributed by atoms with Gasteiger partial charge >= 0.3 is 0 Å². The van der Waals surface area contributed by atoms with E-state index in [0.29, 0.717) is 30.4 Å². The minimum absolute atomic E-state index is 0.325. The summed E-state index contributed by atoms with van der Waals surface area (Å²) in [7, 11) is 0. The predicted molar refractivity (Wildman–Crippen MR) is 103 cm³/mol. The molecule has 154 valence electrons. The number of halogens is 2. The number of benzene rings is 2. The molecule has 0 aliphatic carbocycles. The summed E-state index contributed by atoms with van der Waals surface area (Å²) in [6.45, 7) is 4.49.